The Morgan fingerprint density at radius 3 is 2.59 bits per heavy atom. The fourth-order valence-electron chi connectivity index (χ4n) is 4.21. The van der Waals surface area contributed by atoms with E-state index in [0.717, 1.165) is 19.1 Å². The van der Waals surface area contributed by atoms with Crippen LogP contribution in [0.15, 0.2) is 36.7 Å². The molecule has 11 heteroatoms. The van der Waals surface area contributed by atoms with Gasteiger partial charge in [-0.15, -0.1) is 0 Å². The first kappa shape index (κ1) is 24.3. The second kappa shape index (κ2) is 9.10. The highest BCUT2D eigenvalue weighted by Crippen LogP contribution is 2.55. The van der Waals surface area contributed by atoms with Crippen molar-refractivity contribution in [3.8, 4) is 5.75 Å². The van der Waals surface area contributed by atoms with E-state index >= 15 is 0 Å². The number of carbonyl (C=O) groups excluding carboxylic acids is 1. The van der Waals surface area contributed by atoms with E-state index in [2.05, 4.69) is 10.3 Å². The van der Waals surface area contributed by atoms with Crippen molar-refractivity contribution in [3.63, 3.8) is 0 Å². The van der Waals surface area contributed by atoms with Crippen LogP contribution >= 0.6 is 0 Å². The van der Waals surface area contributed by atoms with Crippen molar-refractivity contribution >= 4 is 11.6 Å². The molecule has 34 heavy (non-hydrogen) atoms. The van der Waals surface area contributed by atoms with E-state index in [-0.39, 0.29) is 23.8 Å². The molecule has 1 aromatic carbocycles. The van der Waals surface area contributed by atoms with E-state index in [1.165, 1.54) is 31.5 Å². The van der Waals surface area contributed by atoms with Crippen molar-refractivity contribution in [2.75, 3.05) is 25.1 Å². The molecular weight excluding hydrogens is 463 g/mol. The highest BCUT2D eigenvalue weighted by Gasteiger charge is 2.66. The van der Waals surface area contributed by atoms with E-state index in [0.29, 0.717) is 13.2 Å². The van der Waals surface area contributed by atoms with Gasteiger partial charge >= 0.3 is 6.18 Å². The predicted octanol–water partition coefficient (Wildman–Crippen LogP) is 4.46. The lowest BCUT2D eigenvalue weighted by molar-refractivity contribution is -0.272. The van der Waals surface area contributed by atoms with Crippen molar-refractivity contribution in [3.05, 3.63) is 53.9 Å². The lowest BCUT2D eigenvalue weighted by Crippen LogP contribution is -2.47. The molecule has 2 fully saturated rings. The third-order valence-corrected chi connectivity index (χ3v) is 6.47. The first-order valence-electron chi connectivity index (χ1n) is 10.7. The van der Waals surface area contributed by atoms with Gasteiger partial charge in [0.1, 0.15) is 6.10 Å². The van der Waals surface area contributed by atoms with Gasteiger partial charge in [0, 0.05) is 29.5 Å². The van der Waals surface area contributed by atoms with Gasteiger partial charge in [-0.05, 0) is 25.1 Å². The zero-order valence-corrected chi connectivity index (χ0v) is 18.4. The molecule has 0 unspecified atom stereocenters. The van der Waals surface area contributed by atoms with Gasteiger partial charge in [-0.3, -0.25) is 9.78 Å². The van der Waals surface area contributed by atoms with Crippen LogP contribution in [0, 0.1) is 23.5 Å². The maximum atomic E-state index is 14.8. The summed E-state index contributed by atoms with van der Waals surface area (Å²) in [6.07, 6.45) is -3.72. The zero-order valence-electron chi connectivity index (χ0n) is 18.4. The molecule has 0 spiro atoms. The van der Waals surface area contributed by atoms with Gasteiger partial charge in [-0.2, -0.15) is 17.6 Å². The summed E-state index contributed by atoms with van der Waals surface area (Å²) in [5.41, 5.74) is -2.56. The standard InChI is InChI=1S/C23H23F5N2O4/c1-12-17(15-5-6-16(24)18(25)19(15)33-11-13-9-32-10-13)20(34-22(12,2)23(26,27)28)21(31)30-14-4-3-7-29-8-14/h3-8,12-13,17,20H,9-11H2,1-2H3,(H,30,31)/t12-,17-,20+,22+/m0/s1. The van der Waals surface area contributed by atoms with Crippen LogP contribution in [0.1, 0.15) is 25.3 Å². The minimum Gasteiger partial charge on any atom is -0.490 e. The number of hydrogen-bond acceptors (Lipinski definition) is 5. The van der Waals surface area contributed by atoms with E-state index in [4.69, 9.17) is 14.2 Å². The van der Waals surface area contributed by atoms with Crippen LogP contribution in [0.2, 0.25) is 0 Å². The van der Waals surface area contributed by atoms with Crippen LogP contribution in [-0.4, -0.2) is 48.6 Å². The molecule has 6 nitrogen and oxygen atoms in total. The number of anilines is 1. The SMILES string of the molecule is C[C@H]1[C@@H](c2ccc(F)c(F)c2OCC2COC2)[C@H](C(=O)Nc2cccnc2)O[C@@]1(C)C(F)(F)F. The topological polar surface area (TPSA) is 69.7 Å². The van der Waals surface area contributed by atoms with E-state index in [1.54, 1.807) is 0 Å². The van der Waals surface area contributed by atoms with Crippen LogP contribution < -0.4 is 10.1 Å². The Morgan fingerprint density at radius 2 is 2.00 bits per heavy atom. The predicted molar refractivity (Wildman–Crippen MR) is 110 cm³/mol. The van der Waals surface area contributed by atoms with Crippen molar-refractivity contribution < 1.29 is 41.0 Å². The highest BCUT2D eigenvalue weighted by molar-refractivity contribution is 5.95. The average Bonchev–Trinajstić information content (AvgIpc) is 3.03. The van der Waals surface area contributed by atoms with E-state index < -0.39 is 53.0 Å². The molecule has 3 heterocycles. The number of halogens is 5. The minimum absolute atomic E-state index is 0.0155. The molecule has 2 aliphatic heterocycles. The number of amides is 1. The van der Waals surface area contributed by atoms with E-state index in [9.17, 15) is 26.7 Å². The Hall–Kier alpha value is -2.79. The van der Waals surface area contributed by atoms with Gasteiger partial charge in [0.2, 0.25) is 5.82 Å². The Morgan fingerprint density at radius 1 is 1.26 bits per heavy atom. The molecule has 2 saturated heterocycles. The summed E-state index contributed by atoms with van der Waals surface area (Å²) in [4.78, 5) is 16.9. The van der Waals surface area contributed by atoms with Crippen molar-refractivity contribution in [2.24, 2.45) is 11.8 Å². The number of nitrogens with zero attached hydrogens (tertiary/aromatic N) is 1. The maximum absolute atomic E-state index is 14.8. The summed E-state index contributed by atoms with van der Waals surface area (Å²) in [5, 5.41) is 2.49. The summed E-state index contributed by atoms with van der Waals surface area (Å²) in [7, 11) is 0. The van der Waals surface area contributed by atoms with Crippen LogP contribution in [0.5, 0.6) is 5.75 Å². The number of ether oxygens (including phenoxy) is 3. The molecule has 2 aliphatic rings. The molecule has 1 N–H and O–H groups in total. The third kappa shape index (κ3) is 4.34. The number of benzene rings is 1. The van der Waals surface area contributed by atoms with Crippen molar-refractivity contribution in [1.82, 2.24) is 4.98 Å². The van der Waals surface area contributed by atoms with Gasteiger partial charge in [0.05, 0.1) is 31.7 Å². The second-order valence-corrected chi connectivity index (χ2v) is 8.68. The van der Waals surface area contributed by atoms with Crippen LogP contribution in [0.4, 0.5) is 27.6 Å². The number of rotatable bonds is 6. The average molecular weight is 486 g/mol. The summed E-state index contributed by atoms with van der Waals surface area (Å²) in [5.74, 6) is -6.64. The Balaban J connectivity index is 1.74. The van der Waals surface area contributed by atoms with Gasteiger partial charge in [0.15, 0.2) is 17.2 Å². The Labute approximate surface area is 192 Å². The molecule has 2 aromatic rings. The Bertz CT molecular complexity index is 1050. The molecule has 0 saturated carbocycles. The van der Waals surface area contributed by atoms with Gasteiger partial charge in [-0.1, -0.05) is 13.0 Å². The molecule has 0 aliphatic carbocycles. The Kier molecular flexibility index (Phi) is 6.52. The van der Waals surface area contributed by atoms with Gasteiger partial charge < -0.3 is 19.5 Å². The molecule has 184 valence electrons. The molecule has 1 aromatic heterocycles. The number of aromatic nitrogens is 1. The first-order chi connectivity index (χ1) is 16.0. The van der Waals surface area contributed by atoms with Gasteiger partial charge in [-0.25, -0.2) is 4.39 Å². The molecule has 1 amide bonds. The van der Waals surface area contributed by atoms with Crippen LogP contribution in [0.25, 0.3) is 0 Å². The number of carbonyl (C=O) groups is 1. The van der Waals surface area contributed by atoms with Crippen molar-refractivity contribution in [1.29, 1.82) is 0 Å². The number of pyridine rings is 1. The fraction of sp³-hybridized carbons (Fsp3) is 0.478. The maximum Gasteiger partial charge on any atom is 0.417 e. The molecule has 4 atom stereocenters. The lowest BCUT2D eigenvalue weighted by Gasteiger charge is -2.32. The first-order valence-corrected chi connectivity index (χ1v) is 10.7. The van der Waals surface area contributed by atoms with Crippen LogP contribution in [0.3, 0.4) is 0 Å². The molecule has 0 bridgehead atoms. The number of hydrogen-bond donors (Lipinski definition) is 1. The molecule has 0 radical (unpaired) electrons. The smallest absolute Gasteiger partial charge is 0.417 e. The third-order valence-electron chi connectivity index (χ3n) is 6.47. The molecule has 4 rings (SSSR count). The fourth-order valence-corrected chi connectivity index (χ4v) is 4.21. The summed E-state index contributed by atoms with van der Waals surface area (Å²) < 4.78 is 87.0. The quantitative estimate of drug-likeness (QED) is 0.611. The second-order valence-electron chi connectivity index (χ2n) is 8.68. The monoisotopic (exact) mass is 486 g/mol. The van der Waals surface area contributed by atoms with Crippen LogP contribution in [-0.2, 0) is 14.3 Å². The number of nitrogens with one attached hydrogen (secondary N) is 1. The normalized spacial score (nSPS) is 27.3. The number of alkyl halides is 3. The lowest BCUT2D eigenvalue weighted by atomic mass is 9.77. The molecular formula is C23H23F5N2O4. The zero-order chi connectivity index (χ0) is 24.7. The summed E-state index contributed by atoms with van der Waals surface area (Å²) in [6.45, 7) is 2.84. The van der Waals surface area contributed by atoms with Gasteiger partial charge in [0.25, 0.3) is 5.91 Å². The minimum atomic E-state index is -4.84. The van der Waals surface area contributed by atoms with Crippen molar-refractivity contribution in [2.45, 2.75) is 37.6 Å². The summed E-state index contributed by atoms with van der Waals surface area (Å²) in [6, 6.07) is 4.99. The summed E-state index contributed by atoms with van der Waals surface area (Å²) >= 11 is 0. The largest absolute Gasteiger partial charge is 0.490 e. The van der Waals surface area contributed by atoms with E-state index in [1.807, 2.05) is 0 Å². The highest BCUT2D eigenvalue weighted by atomic mass is 19.4.